The summed E-state index contributed by atoms with van der Waals surface area (Å²) in [5.41, 5.74) is 2.26. The van der Waals surface area contributed by atoms with Crippen LogP contribution in [0, 0.1) is 0 Å². The Hall–Kier alpha value is -2.40. The van der Waals surface area contributed by atoms with Crippen molar-refractivity contribution in [1.29, 1.82) is 0 Å². The summed E-state index contributed by atoms with van der Waals surface area (Å²) >= 11 is 0. The van der Waals surface area contributed by atoms with Crippen molar-refractivity contribution < 1.29 is 23.7 Å². The van der Waals surface area contributed by atoms with Crippen molar-refractivity contribution >= 4 is 0 Å². The Kier molecular flexibility index (Phi) is 5.39. The number of rotatable bonds is 8. The summed E-state index contributed by atoms with van der Waals surface area (Å²) in [5, 5.41) is 0. The Morgan fingerprint density at radius 2 is 1.15 bits per heavy atom. The Balaban J connectivity index is 1.58. The first-order chi connectivity index (χ1) is 13.3. The molecule has 5 nitrogen and oxygen atoms in total. The minimum Gasteiger partial charge on any atom is -0.454 e. The molecular weight excluding hydrogens is 344 g/mol. The zero-order chi connectivity index (χ0) is 18.6. The van der Waals surface area contributed by atoms with E-state index in [2.05, 4.69) is 26.0 Å². The van der Waals surface area contributed by atoms with Gasteiger partial charge in [0.25, 0.3) is 0 Å². The van der Waals surface area contributed by atoms with Gasteiger partial charge in [0.05, 0.1) is 12.2 Å². The third-order valence-corrected chi connectivity index (χ3v) is 4.97. The summed E-state index contributed by atoms with van der Waals surface area (Å²) in [6.45, 7) is 4.93. The van der Waals surface area contributed by atoms with Gasteiger partial charge in [0.1, 0.15) is 0 Å². The fraction of sp³-hybridized carbons (Fsp3) is 0.455. The van der Waals surface area contributed by atoms with E-state index in [0.29, 0.717) is 0 Å². The van der Waals surface area contributed by atoms with Crippen LogP contribution in [0.1, 0.15) is 62.9 Å². The van der Waals surface area contributed by atoms with Gasteiger partial charge in [0, 0.05) is 0 Å². The number of benzene rings is 2. The molecule has 0 aliphatic carbocycles. The third kappa shape index (κ3) is 3.83. The highest BCUT2D eigenvalue weighted by molar-refractivity contribution is 5.46. The standard InChI is InChI=1S/C22H26O5/c1-3-5-17(15-7-9-19-21(11-15)25-13-23-19)27-18(6-4-2)16-8-10-20-22(12-16)26-14-24-20/h7-12,17-18H,3-6,13-14H2,1-2H3. The molecule has 2 unspecified atom stereocenters. The monoisotopic (exact) mass is 370 g/mol. The van der Waals surface area contributed by atoms with E-state index in [1.165, 1.54) is 0 Å². The summed E-state index contributed by atoms with van der Waals surface area (Å²) < 4.78 is 28.6. The van der Waals surface area contributed by atoms with Crippen molar-refractivity contribution in [3.63, 3.8) is 0 Å². The molecule has 144 valence electrons. The fourth-order valence-corrected chi connectivity index (χ4v) is 3.58. The predicted molar refractivity (Wildman–Crippen MR) is 102 cm³/mol. The quantitative estimate of drug-likeness (QED) is 0.610. The van der Waals surface area contributed by atoms with Gasteiger partial charge in [-0.15, -0.1) is 0 Å². The van der Waals surface area contributed by atoms with E-state index < -0.39 is 0 Å². The second kappa shape index (κ2) is 8.09. The second-order valence-electron chi connectivity index (χ2n) is 6.92. The minimum absolute atomic E-state index is 0.00599. The molecule has 0 aromatic heterocycles. The maximum absolute atomic E-state index is 6.63. The van der Waals surface area contributed by atoms with Crippen molar-refractivity contribution in [2.45, 2.75) is 51.7 Å². The first-order valence-electron chi connectivity index (χ1n) is 9.73. The van der Waals surface area contributed by atoms with Crippen LogP contribution in [-0.2, 0) is 4.74 Å². The van der Waals surface area contributed by atoms with Gasteiger partial charge in [-0.05, 0) is 48.2 Å². The van der Waals surface area contributed by atoms with Gasteiger partial charge < -0.3 is 23.7 Å². The van der Waals surface area contributed by atoms with Crippen LogP contribution in [0.15, 0.2) is 36.4 Å². The maximum Gasteiger partial charge on any atom is 0.231 e. The third-order valence-electron chi connectivity index (χ3n) is 4.97. The van der Waals surface area contributed by atoms with Gasteiger partial charge in [0.2, 0.25) is 13.6 Å². The van der Waals surface area contributed by atoms with Gasteiger partial charge >= 0.3 is 0 Å². The molecule has 0 saturated carbocycles. The molecule has 2 heterocycles. The van der Waals surface area contributed by atoms with E-state index in [9.17, 15) is 0 Å². The normalized spacial score (nSPS) is 16.4. The van der Waals surface area contributed by atoms with Gasteiger partial charge in [-0.1, -0.05) is 38.8 Å². The van der Waals surface area contributed by atoms with Crippen LogP contribution in [0.25, 0.3) is 0 Å². The van der Waals surface area contributed by atoms with Crippen LogP contribution in [0.3, 0.4) is 0 Å². The molecule has 5 heteroatoms. The van der Waals surface area contributed by atoms with Crippen LogP contribution >= 0.6 is 0 Å². The SMILES string of the molecule is CCCC(OC(CCC)c1ccc2c(c1)OCO2)c1ccc2c(c1)OCO2. The van der Waals surface area contributed by atoms with Crippen molar-refractivity contribution in [2.75, 3.05) is 13.6 Å². The first kappa shape index (κ1) is 18.0. The molecule has 0 amide bonds. The highest BCUT2D eigenvalue weighted by atomic mass is 16.7. The number of hydrogen-bond donors (Lipinski definition) is 0. The maximum atomic E-state index is 6.63. The summed E-state index contributed by atoms with van der Waals surface area (Å²) in [7, 11) is 0. The van der Waals surface area contributed by atoms with Crippen LogP contribution < -0.4 is 18.9 Å². The molecule has 27 heavy (non-hydrogen) atoms. The van der Waals surface area contributed by atoms with Gasteiger partial charge in [-0.2, -0.15) is 0 Å². The minimum atomic E-state index is 0.00599. The largest absolute Gasteiger partial charge is 0.454 e. The highest BCUT2D eigenvalue weighted by Gasteiger charge is 2.24. The molecule has 0 radical (unpaired) electrons. The predicted octanol–water partition coefficient (Wildman–Crippen LogP) is 5.54. The molecule has 0 N–H and O–H groups in total. The molecular formula is C22H26O5. The number of hydrogen-bond acceptors (Lipinski definition) is 5. The van der Waals surface area contributed by atoms with E-state index in [4.69, 9.17) is 23.7 Å². The lowest BCUT2D eigenvalue weighted by molar-refractivity contribution is -0.0248. The van der Waals surface area contributed by atoms with Crippen LogP contribution in [0.2, 0.25) is 0 Å². The Morgan fingerprint density at radius 3 is 1.59 bits per heavy atom. The fourth-order valence-electron chi connectivity index (χ4n) is 3.58. The molecule has 0 saturated heterocycles. The zero-order valence-electron chi connectivity index (χ0n) is 15.9. The second-order valence-corrected chi connectivity index (χ2v) is 6.92. The Morgan fingerprint density at radius 1 is 0.704 bits per heavy atom. The van der Waals surface area contributed by atoms with Gasteiger partial charge in [-0.3, -0.25) is 0 Å². The smallest absolute Gasteiger partial charge is 0.231 e. The number of fused-ring (bicyclic) bond motifs is 2. The van der Waals surface area contributed by atoms with Crippen molar-refractivity contribution in [3.8, 4) is 23.0 Å². The Labute approximate surface area is 160 Å². The molecule has 2 aromatic rings. The van der Waals surface area contributed by atoms with E-state index in [1.54, 1.807) is 0 Å². The highest BCUT2D eigenvalue weighted by Crippen LogP contribution is 2.40. The summed E-state index contributed by atoms with van der Waals surface area (Å²) in [5.74, 6) is 3.20. The van der Waals surface area contributed by atoms with Gasteiger partial charge in [0.15, 0.2) is 23.0 Å². The Bertz CT molecular complexity index is 723. The lowest BCUT2D eigenvalue weighted by atomic mass is 10.0. The van der Waals surface area contributed by atoms with Crippen LogP contribution in [0.5, 0.6) is 23.0 Å². The molecule has 0 bridgehead atoms. The molecule has 2 atom stereocenters. The molecule has 2 aliphatic heterocycles. The van der Waals surface area contributed by atoms with Gasteiger partial charge in [-0.25, -0.2) is 0 Å². The first-order valence-corrected chi connectivity index (χ1v) is 9.73. The van der Waals surface area contributed by atoms with E-state index in [1.807, 2.05) is 24.3 Å². The molecule has 2 aliphatic rings. The zero-order valence-corrected chi connectivity index (χ0v) is 15.9. The average molecular weight is 370 g/mol. The summed E-state index contributed by atoms with van der Waals surface area (Å²) in [4.78, 5) is 0. The van der Waals surface area contributed by atoms with Crippen molar-refractivity contribution in [3.05, 3.63) is 47.5 Å². The van der Waals surface area contributed by atoms with Crippen molar-refractivity contribution in [1.82, 2.24) is 0 Å². The van der Waals surface area contributed by atoms with E-state index in [0.717, 1.165) is 59.8 Å². The molecule has 0 spiro atoms. The topological polar surface area (TPSA) is 46.2 Å². The molecule has 2 aromatic carbocycles. The van der Waals surface area contributed by atoms with Crippen LogP contribution in [-0.4, -0.2) is 13.6 Å². The molecule has 0 fully saturated rings. The molecule has 4 rings (SSSR count). The van der Waals surface area contributed by atoms with Crippen molar-refractivity contribution in [2.24, 2.45) is 0 Å². The summed E-state index contributed by atoms with van der Waals surface area (Å²) in [6.07, 6.45) is 3.99. The van der Waals surface area contributed by atoms with Crippen LogP contribution in [0.4, 0.5) is 0 Å². The number of ether oxygens (including phenoxy) is 5. The average Bonchev–Trinajstić information content (AvgIpc) is 3.34. The van der Waals surface area contributed by atoms with E-state index >= 15 is 0 Å². The van der Waals surface area contributed by atoms with E-state index in [-0.39, 0.29) is 25.8 Å². The lowest BCUT2D eigenvalue weighted by Crippen LogP contribution is -2.11. The summed E-state index contributed by atoms with van der Waals surface area (Å²) in [6, 6.07) is 12.2. The lowest BCUT2D eigenvalue weighted by Gasteiger charge is -2.26.